The lowest BCUT2D eigenvalue weighted by Crippen LogP contribution is -2.29. The zero-order chi connectivity index (χ0) is 12.8. The van der Waals surface area contributed by atoms with Crippen molar-refractivity contribution in [2.24, 2.45) is 0 Å². The van der Waals surface area contributed by atoms with Crippen LogP contribution in [0, 0.1) is 5.41 Å². The van der Waals surface area contributed by atoms with Gasteiger partial charge in [-0.1, -0.05) is 0 Å². The molecule has 94 valence electrons. The summed E-state index contributed by atoms with van der Waals surface area (Å²) in [5, 5.41) is 28.6. The Morgan fingerprint density at radius 3 is 2.94 bits per heavy atom. The van der Waals surface area contributed by atoms with Gasteiger partial charge in [-0.25, -0.2) is 4.79 Å². The Labute approximate surface area is 101 Å². The lowest BCUT2D eigenvalue weighted by atomic mass is 10.2. The minimum Gasteiger partial charge on any atom is -0.465 e. The predicted octanol–water partition coefficient (Wildman–Crippen LogP) is 1.01. The minimum atomic E-state index is -1.14. The van der Waals surface area contributed by atoms with E-state index in [9.17, 15) is 4.79 Å². The molecule has 0 saturated carbocycles. The van der Waals surface area contributed by atoms with Gasteiger partial charge in [-0.15, -0.1) is 11.3 Å². The molecule has 0 aliphatic carbocycles. The van der Waals surface area contributed by atoms with Crippen molar-refractivity contribution in [2.45, 2.75) is 6.04 Å². The highest BCUT2D eigenvalue weighted by Crippen LogP contribution is 2.22. The lowest BCUT2D eigenvalue weighted by molar-refractivity contribution is 0.153. The quantitative estimate of drug-likeness (QED) is 0.307. The second-order valence-corrected chi connectivity index (χ2v) is 4.12. The summed E-state index contributed by atoms with van der Waals surface area (Å²) in [5.74, 6) is -0.140. The fourth-order valence-corrected chi connectivity index (χ4v) is 2.18. The molecule has 1 rings (SSSR count). The maximum absolute atomic E-state index is 10.6. The van der Waals surface area contributed by atoms with Crippen molar-refractivity contribution in [3.8, 4) is 0 Å². The SMILES string of the molecule is COC[C@@H](NC(=O)O)c1cc(C(=N)NO)cs1. The van der Waals surface area contributed by atoms with Gasteiger partial charge >= 0.3 is 6.09 Å². The van der Waals surface area contributed by atoms with Gasteiger partial charge in [-0.3, -0.25) is 16.1 Å². The largest absolute Gasteiger partial charge is 0.465 e. The number of hydrogen-bond acceptors (Lipinski definition) is 5. The zero-order valence-electron chi connectivity index (χ0n) is 9.06. The van der Waals surface area contributed by atoms with Crippen molar-refractivity contribution in [2.75, 3.05) is 13.7 Å². The Morgan fingerprint density at radius 2 is 2.41 bits per heavy atom. The summed E-state index contributed by atoms with van der Waals surface area (Å²) in [7, 11) is 1.47. The number of nitrogens with one attached hydrogen (secondary N) is 3. The van der Waals surface area contributed by atoms with Crippen molar-refractivity contribution < 1.29 is 19.8 Å². The average Bonchev–Trinajstić information content (AvgIpc) is 2.76. The molecule has 1 aromatic rings. The average molecular weight is 259 g/mol. The number of methoxy groups -OCH3 is 1. The normalized spacial score (nSPS) is 11.9. The van der Waals surface area contributed by atoms with Gasteiger partial charge in [0, 0.05) is 22.9 Å². The molecule has 1 amide bonds. The van der Waals surface area contributed by atoms with E-state index >= 15 is 0 Å². The molecular formula is C9H13N3O4S. The molecule has 0 aliphatic heterocycles. The van der Waals surface area contributed by atoms with Crippen LogP contribution in [-0.2, 0) is 4.74 Å². The van der Waals surface area contributed by atoms with E-state index in [-0.39, 0.29) is 12.4 Å². The van der Waals surface area contributed by atoms with Gasteiger partial charge in [0.05, 0.1) is 12.6 Å². The Balaban J connectivity index is 2.83. The number of carbonyl (C=O) groups is 1. The summed E-state index contributed by atoms with van der Waals surface area (Å²) in [4.78, 5) is 11.3. The molecule has 0 aliphatic rings. The molecular weight excluding hydrogens is 246 g/mol. The van der Waals surface area contributed by atoms with Crippen LogP contribution in [0.25, 0.3) is 0 Å². The lowest BCUT2D eigenvalue weighted by Gasteiger charge is -2.13. The van der Waals surface area contributed by atoms with Crippen LogP contribution in [0.5, 0.6) is 0 Å². The number of hydrogen-bond donors (Lipinski definition) is 5. The van der Waals surface area contributed by atoms with Crippen LogP contribution in [0.15, 0.2) is 11.4 Å². The third-order valence-electron chi connectivity index (χ3n) is 1.99. The van der Waals surface area contributed by atoms with E-state index in [0.717, 1.165) is 0 Å². The van der Waals surface area contributed by atoms with Crippen molar-refractivity contribution >= 4 is 23.3 Å². The second-order valence-electron chi connectivity index (χ2n) is 3.18. The van der Waals surface area contributed by atoms with Crippen LogP contribution in [0.4, 0.5) is 4.79 Å². The van der Waals surface area contributed by atoms with Gasteiger partial charge < -0.3 is 15.2 Å². The van der Waals surface area contributed by atoms with Gasteiger partial charge in [0.2, 0.25) is 0 Å². The third-order valence-corrected chi connectivity index (χ3v) is 3.04. The number of carboxylic acid groups (broad SMARTS) is 1. The Kier molecular flexibility index (Phi) is 4.88. The number of rotatable bonds is 5. The van der Waals surface area contributed by atoms with E-state index in [0.29, 0.717) is 10.4 Å². The van der Waals surface area contributed by atoms with Gasteiger partial charge in [0.15, 0.2) is 0 Å². The Hall–Kier alpha value is -1.64. The molecule has 1 atom stereocenters. The summed E-state index contributed by atoms with van der Waals surface area (Å²) in [6, 6.07) is 1.14. The molecule has 8 heteroatoms. The first-order chi connectivity index (χ1) is 8.08. The number of hydroxylamine groups is 1. The minimum absolute atomic E-state index is 0.140. The van der Waals surface area contributed by atoms with Gasteiger partial charge in [0.25, 0.3) is 0 Å². The number of amidine groups is 1. The number of thiophene rings is 1. The maximum atomic E-state index is 10.6. The Morgan fingerprint density at radius 1 is 1.71 bits per heavy atom. The standard InChI is InChI=1S/C9H13N3O4S/c1-16-3-6(11-9(13)14)7-2-5(4-17-7)8(10)12-15/h2,4,6,11,15H,3H2,1H3,(H2,10,12)(H,13,14)/t6-/m1/s1. The van der Waals surface area contributed by atoms with Crippen molar-refractivity contribution in [3.05, 3.63) is 21.9 Å². The first-order valence-corrected chi connectivity index (χ1v) is 5.52. The second kappa shape index (κ2) is 6.18. The summed E-state index contributed by atoms with van der Waals surface area (Å²) in [6.07, 6.45) is -1.14. The van der Waals surface area contributed by atoms with E-state index in [4.69, 9.17) is 20.5 Å². The monoisotopic (exact) mass is 259 g/mol. The highest BCUT2D eigenvalue weighted by molar-refractivity contribution is 7.10. The molecule has 0 bridgehead atoms. The molecule has 0 radical (unpaired) electrons. The fourth-order valence-electron chi connectivity index (χ4n) is 1.24. The molecule has 1 aromatic heterocycles. The third kappa shape index (κ3) is 3.70. The smallest absolute Gasteiger partial charge is 0.405 e. The molecule has 0 saturated heterocycles. The van der Waals surface area contributed by atoms with Crippen molar-refractivity contribution in [1.82, 2.24) is 10.8 Å². The Bertz CT molecular complexity index is 407. The van der Waals surface area contributed by atoms with Crippen LogP contribution in [-0.4, -0.2) is 36.0 Å². The van der Waals surface area contributed by atoms with E-state index in [1.807, 2.05) is 0 Å². The highest BCUT2D eigenvalue weighted by atomic mass is 32.1. The van der Waals surface area contributed by atoms with Gasteiger partial charge in [-0.2, -0.15) is 0 Å². The van der Waals surface area contributed by atoms with Gasteiger partial charge in [0.1, 0.15) is 5.84 Å². The number of ether oxygens (including phenoxy) is 1. The summed E-state index contributed by atoms with van der Waals surface area (Å²) in [6.45, 7) is 0.201. The molecule has 1 heterocycles. The van der Waals surface area contributed by atoms with E-state index in [1.165, 1.54) is 18.4 Å². The summed E-state index contributed by atoms with van der Waals surface area (Å²) in [5.41, 5.74) is 2.22. The van der Waals surface area contributed by atoms with Crippen LogP contribution in [0.1, 0.15) is 16.5 Å². The molecule has 5 N–H and O–H groups in total. The highest BCUT2D eigenvalue weighted by Gasteiger charge is 2.17. The fraction of sp³-hybridized carbons (Fsp3) is 0.333. The number of amides is 1. The molecule has 7 nitrogen and oxygen atoms in total. The van der Waals surface area contributed by atoms with Crippen molar-refractivity contribution in [3.63, 3.8) is 0 Å². The predicted molar refractivity (Wildman–Crippen MR) is 61.8 cm³/mol. The van der Waals surface area contributed by atoms with Crippen molar-refractivity contribution in [1.29, 1.82) is 5.41 Å². The van der Waals surface area contributed by atoms with Crippen LogP contribution in [0.2, 0.25) is 0 Å². The molecule has 0 unspecified atom stereocenters. The zero-order valence-corrected chi connectivity index (χ0v) is 9.87. The summed E-state index contributed by atoms with van der Waals surface area (Å²) >= 11 is 1.29. The van der Waals surface area contributed by atoms with Crippen LogP contribution in [0.3, 0.4) is 0 Å². The summed E-state index contributed by atoms with van der Waals surface area (Å²) < 4.78 is 4.92. The first kappa shape index (κ1) is 13.4. The van der Waals surface area contributed by atoms with E-state index in [1.54, 1.807) is 16.9 Å². The maximum Gasteiger partial charge on any atom is 0.405 e. The molecule has 17 heavy (non-hydrogen) atoms. The molecule has 0 aromatic carbocycles. The molecule has 0 fully saturated rings. The topological polar surface area (TPSA) is 115 Å². The van der Waals surface area contributed by atoms with Crippen LogP contribution < -0.4 is 10.8 Å². The van der Waals surface area contributed by atoms with E-state index in [2.05, 4.69) is 5.32 Å². The van der Waals surface area contributed by atoms with Gasteiger partial charge in [-0.05, 0) is 6.07 Å². The van der Waals surface area contributed by atoms with Crippen LogP contribution >= 0.6 is 11.3 Å². The first-order valence-electron chi connectivity index (χ1n) is 4.64. The van der Waals surface area contributed by atoms with E-state index < -0.39 is 12.1 Å². The molecule has 0 spiro atoms.